The van der Waals surface area contributed by atoms with Crippen LogP contribution in [0, 0.1) is 0 Å². The van der Waals surface area contributed by atoms with E-state index in [1.807, 2.05) is 18.3 Å². The van der Waals surface area contributed by atoms with Crippen LogP contribution >= 0.6 is 0 Å². The third-order valence-electron chi connectivity index (χ3n) is 10.5. The van der Waals surface area contributed by atoms with Gasteiger partial charge in [-0.1, -0.05) is 115 Å². The summed E-state index contributed by atoms with van der Waals surface area (Å²) in [6.07, 6.45) is 1.86. The van der Waals surface area contributed by atoms with Crippen molar-refractivity contribution in [2.75, 3.05) is 0 Å². The summed E-state index contributed by atoms with van der Waals surface area (Å²) in [4.78, 5) is 14.2. The average molecular weight is 678 g/mol. The molecular formula is C48H31N5. The lowest BCUT2D eigenvalue weighted by molar-refractivity contribution is 1.08. The topological polar surface area (TPSA) is 51.4 Å². The number of nitrogens with one attached hydrogen (secondary N) is 1. The Morgan fingerprint density at radius 2 is 1.17 bits per heavy atom. The Labute approximate surface area is 305 Å². The number of para-hydroxylation sites is 4. The molecule has 0 fully saturated rings. The Morgan fingerprint density at radius 3 is 2.02 bits per heavy atom. The molecule has 11 aromatic rings. The van der Waals surface area contributed by atoms with Gasteiger partial charge in [0.1, 0.15) is 11.6 Å². The zero-order chi connectivity index (χ0) is 34.9. The highest BCUT2D eigenvalue weighted by atomic mass is 15.1. The fourth-order valence-corrected chi connectivity index (χ4v) is 8.15. The summed E-state index contributed by atoms with van der Waals surface area (Å²) in [5.41, 5.74) is 13.0. The van der Waals surface area contributed by atoms with Crippen molar-refractivity contribution in [2.24, 2.45) is 0 Å². The molecule has 248 valence electrons. The number of aromatic amines is 1. The molecular weight excluding hydrogens is 647 g/mol. The average Bonchev–Trinajstić information content (AvgIpc) is 3.91. The molecule has 0 radical (unpaired) electrons. The van der Waals surface area contributed by atoms with Crippen molar-refractivity contribution in [3.8, 4) is 45.1 Å². The largest absolute Gasteiger partial charge is 0.354 e. The van der Waals surface area contributed by atoms with Crippen molar-refractivity contribution >= 4 is 54.6 Å². The molecule has 0 unspecified atom stereocenters. The third kappa shape index (κ3) is 4.57. The number of nitrogens with zero attached hydrogens (tertiary/aromatic N) is 4. The van der Waals surface area contributed by atoms with E-state index in [9.17, 15) is 0 Å². The summed E-state index contributed by atoms with van der Waals surface area (Å²) in [6.45, 7) is 0. The molecule has 11 rings (SSSR count). The van der Waals surface area contributed by atoms with E-state index in [1.54, 1.807) is 0 Å². The Bertz CT molecular complexity index is 3150. The second-order valence-corrected chi connectivity index (χ2v) is 13.5. The molecule has 0 aliphatic carbocycles. The van der Waals surface area contributed by atoms with Crippen LogP contribution in [-0.4, -0.2) is 24.1 Å². The van der Waals surface area contributed by atoms with Gasteiger partial charge in [0.05, 0.1) is 27.6 Å². The number of fused-ring (bicyclic) bond motifs is 7. The van der Waals surface area contributed by atoms with E-state index in [2.05, 4.69) is 178 Å². The first-order valence-electron chi connectivity index (χ1n) is 17.9. The van der Waals surface area contributed by atoms with E-state index >= 15 is 0 Å². The van der Waals surface area contributed by atoms with Gasteiger partial charge in [-0.25, -0.2) is 9.97 Å². The number of rotatable bonds is 5. The van der Waals surface area contributed by atoms with Gasteiger partial charge in [-0.2, -0.15) is 0 Å². The zero-order valence-electron chi connectivity index (χ0n) is 28.6. The lowest BCUT2D eigenvalue weighted by Gasteiger charge is -2.12. The molecule has 0 saturated heterocycles. The maximum atomic E-state index is 5.62. The van der Waals surface area contributed by atoms with E-state index in [0.717, 1.165) is 72.7 Å². The van der Waals surface area contributed by atoms with Crippen molar-refractivity contribution < 1.29 is 0 Å². The van der Waals surface area contributed by atoms with Crippen LogP contribution in [0.3, 0.4) is 0 Å². The predicted molar refractivity (Wildman–Crippen MR) is 219 cm³/mol. The van der Waals surface area contributed by atoms with E-state index in [0.29, 0.717) is 0 Å². The van der Waals surface area contributed by atoms with E-state index in [-0.39, 0.29) is 0 Å². The van der Waals surface area contributed by atoms with E-state index in [1.165, 1.54) is 27.1 Å². The van der Waals surface area contributed by atoms with Crippen LogP contribution in [0.4, 0.5) is 0 Å². The molecule has 4 aromatic heterocycles. The summed E-state index contributed by atoms with van der Waals surface area (Å²) in [5.74, 6) is 1.78. The van der Waals surface area contributed by atoms with Gasteiger partial charge in [0.25, 0.3) is 0 Å². The van der Waals surface area contributed by atoms with Gasteiger partial charge in [0, 0.05) is 50.1 Å². The third-order valence-corrected chi connectivity index (χ3v) is 10.5. The monoisotopic (exact) mass is 677 g/mol. The highest BCUT2D eigenvalue weighted by Gasteiger charge is 2.22. The predicted octanol–water partition coefficient (Wildman–Crippen LogP) is 12.2. The minimum absolute atomic E-state index is 0.886. The number of benzene rings is 7. The molecule has 5 nitrogen and oxygen atoms in total. The van der Waals surface area contributed by atoms with Crippen LogP contribution in [0.5, 0.6) is 0 Å². The quantitative estimate of drug-likeness (QED) is 0.197. The van der Waals surface area contributed by atoms with Crippen LogP contribution in [0.15, 0.2) is 182 Å². The van der Waals surface area contributed by atoms with Crippen LogP contribution in [-0.2, 0) is 0 Å². The molecule has 5 heteroatoms. The minimum Gasteiger partial charge on any atom is -0.354 e. The molecule has 0 spiro atoms. The van der Waals surface area contributed by atoms with Crippen molar-refractivity contribution in [1.82, 2.24) is 24.1 Å². The maximum absolute atomic E-state index is 5.62. The summed E-state index contributed by atoms with van der Waals surface area (Å²) in [5, 5.41) is 4.77. The van der Waals surface area contributed by atoms with Gasteiger partial charge in [0.2, 0.25) is 0 Å². The van der Waals surface area contributed by atoms with Gasteiger partial charge in [-0.15, -0.1) is 0 Å². The van der Waals surface area contributed by atoms with Crippen LogP contribution in [0.2, 0.25) is 0 Å². The van der Waals surface area contributed by atoms with Crippen LogP contribution < -0.4 is 0 Å². The van der Waals surface area contributed by atoms with Crippen LogP contribution in [0.1, 0.15) is 0 Å². The summed E-state index contributed by atoms with van der Waals surface area (Å²) < 4.78 is 4.58. The molecule has 0 aliphatic rings. The highest BCUT2D eigenvalue weighted by Crippen LogP contribution is 2.42. The van der Waals surface area contributed by atoms with Gasteiger partial charge in [0.15, 0.2) is 0 Å². The Balaban J connectivity index is 1.21. The van der Waals surface area contributed by atoms with Crippen LogP contribution in [0.25, 0.3) is 99.8 Å². The number of hydrogen-bond acceptors (Lipinski definition) is 2. The molecule has 0 amide bonds. The lowest BCUT2D eigenvalue weighted by Crippen LogP contribution is -1.98. The normalized spacial score (nSPS) is 11.8. The fraction of sp³-hybridized carbons (Fsp3) is 0. The van der Waals surface area contributed by atoms with Crippen molar-refractivity contribution in [1.29, 1.82) is 0 Å². The van der Waals surface area contributed by atoms with Gasteiger partial charge >= 0.3 is 0 Å². The first-order chi connectivity index (χ1) is 26.3. The number of hydrogen-bond donors (Lipinski definition) is 1. The van der Waals surface area contributed by atoms with Gasteiger partial charge in [-0.05, 0) is 77.4 Å². The highest BCUT2D eigenvalue weighted by molar-refractivity contribution is 6.14. The number of pyridine rings is 1. The van der Waals surface area contributed by atoms with E-state index in [4.69, 9.17) is 9.97 Å². The zero-order valence-corrected chi connectivity index (χ0v) is 28.6. The van der Waals surface area contributed by atoms with Crippen molar-refractivity contribution in [3.05, 3.63) is 182 Å². The SMILES string of the molecule is c1ccc(-c2cc(-c3nc4c(-c5ccc6c7ccccc7n(-c7ccccn7)c6c5)cccc4n3-c3ccccc3)c3[nH]c4ccccc4c3c2)cc1. The smallest absolute Gasteiger partial charge is 0.147 e. The first-order valence-corrected chi connectivity index (χ1v) is 17.9. The van der Waals surface area contributed by atoms with E-state index < -0.39 is 0 Å². The van der Waals surface area contributed by atoms with Crippen molar-refractivity contribution in [3.63, 3.8) is 0 Å². The fourth-order valence-electron chi connectivity index (χ4n) is 8.15. The Kier molecular flexibility index (Phi) is 6.48. The second kappa shape index (κ2) is 11.7. The summed E-state index contributed by atoms with van der Waals surface area (Å²) in [7, 11) is 0. The Morgan fingerprint density at radius 1 is 0.434 bits per heavy atom. The summed E-state index contributed by atoms with van der Waals surface area (Å²) >= 11 is 0. The molecule has 0 bridgehead atoms. The van der Waals surface area contributed by atoms with Gasteiger partial charge < -0.3 is 4.98 Å². The first kappa shape index (κ1) is 29.5. The maximum Gasteiger partial charge on any atom is 0.147 e. The number of H-pyrrole nitrogens is 1. The second-order valence-electron chi connectivity index (χ2n) is 13.5. The molecule has 0 aliphatic heterocycles. The molecule has 53 heavy (non-hydrogen) atoms. The molecule has 0 saturated carbocycles. The van der Waals surface area contributed by atoms with Gasteiger partial charge in [-0.3, -0.25) is 9.13 Å². The molecule has 1 N–H and O–H groups in total. The Hall–Kier alpha value is -7.24. The molecule has 4 heterocycles. The standard InChI is InChI=1S/C48H31N5/c1-3-14-31(15-4-1)33-28-39-36-18-7-9-21-41(36)50-46(39)40(29-33)48-51-47-35(20-13-23-43(47)52(48)34-16-5-2-6-17-34)32-25-26-38-37-19-8-10-22-42(37)53(44(38)30-32)45-24-11-12-27-49-45/h1-30,50H. The lowest BCUT2D eigenvalue weighted by atomic mass is 9.98. The minimum atomic E-state index is 0.886. The molecule has 7 aromatic carbocycles. The number of imidazole rings is 1. The van der Waals surface area contributed by atoms with Crippen molar-refractivity contribution in [2.45, 2.75) is 0 Å². The summed E-state index contributed by atoms with van der Waals surface area (Å²) in [6, 6.07) is 62.3. The number of aromatic nitrogens is 5. The molecule has 0 atom stereocenters.